The zero-order chi connectivity index (χ0) is 28.1. The third-order valence-electron chi connectivity index (χ3n) is 7.15. The first-order valence-electron chi connectivity index (χ1n) is 12.6. The van der Waals surface area contributed by atoms with Crippen LogP contribution in [0.4, 0.5) is 14.6 Å². The van der Waals surface area contributed by atoms with Gasteiger partial charge in [-0.3, -0.25) is 14.2 Å². The van der Waals surface area contributed by atoms with Crippen molar-refractivity contribution in [3.05, 3.63) is 88.4 Å². The zero-order valence-corrected chi connectivity index (χ0v) is 22.1. The van der Waals surface area contributed by atoms with Crippen LogP contribution in [-0.4, -0.2) is 47.9 Å². The van der Waals surface area contributed by atoms with E-state index in [1.54, 1.807) is 36.6 Å². The number of carbonyl (C=O) groups excluding carboxylic acids is 1. The minimum absolute atomic E-state index is 0.0515. The molecule has 202 valence electrons. The lowest BCUT2D eigenvalue weighted by atomic mass is 10.1. The van der Waals surface area contributed by atoms with Crippen LogP contribution in [0.15, 0.2) is 54.6 Å². The topological polar surface area (TPSA) is 77.8 Å². The fourth-order valence-electron chi connectivity index (χ4n) is 5.25. The number of quaternary nitrogens is 1. The van der Waals surface area contributed by atoms with Crippen LogP contribution in [0, 0.1) is 26.6 Å². The van der Waals surface area contributed by atoms with Gasteiger partial charge in [0, 0.05) is 27.2 Å². The second-order valence-electron chi connectivity index (χ2n) is 10.2. The Hall–Kier alpha value is -4.24. The van der Waals surface area contributed by atoms with E-state index in [0.29, 0.717) is 33.7 Å². The molecule has 1 N–H and O–H groups in total. The number of nitrogens with zero attached hydrogens (tertiary/aromatic N) is 2. The summed E-state index contributed by atoms with van der Waals surface area (Å²) in [5, 5.41) is 10.2. The highest BCUT2D eigenvalue weighted by molar-refractivity contribution is 6.05. The normalized spacial score (nSPS) is 18.5. The third kappa shape index (κ3) is 4.97. The van der Waals surface area contributed by atoms with Crippen molar-refractivity contribution in [1.82, 2.24) is 9.27 Å². The molecule has 0 aliphatic carbocycles. The first-order chi connectivity index (χ1) is 18.4. The molecule has 0 saturated heterocycles. The van der Waals surface area contributed by atoms with E-state index in [4.69, 9.17) is 9.47 Å². The van der Waals surface area contributed by atoms with Crippen molar-refractivity contribution >= 4 is 28.5 Å². The molecule has 0 radical (unpaired) electrons. The Balaban J connectivity index is 1.37. The summed E-state index contributed by atoms with van der Waals surface area (Å²) in [6, 6.07) is 14.5. The molecule has 5 rings (SSSR count). The molecule has 1 aromatic heterocycles. The summed E-state index contributed by atoms with van der Waals surface area (Å²) in [5.74, 6) is -1.01. The van der Waals surface area contributed by atoms with Gasteiger partial charge < -0.3 is 14.6 Å². The van der Waals surface area contributed by atoms with Gasteiger partial charge >= 0.3 is 5.97 Å². The lowest BCUT2D eigenvalue weighted by molar-refractivity contribution is -0.136. The highest BCUT2D eigenvalue weighted by Gasteiger charge is 2.40. The average Bonchev–Trinajstić information content (AvgIpc) is 3.12. The Morgan fingerprint density at radius 2 is 1.87 bits per heavy atom. The predicted octanol–water partition coefficient (Wildman–Crippen LogP) is 5.68. The van der Waals surface area contributed by atoms with Crippen molar-refractivity contribution in [1.29, 1.82) is 0 Å². The minimum atomic E-state index is -1.03. The van der Waals surface area contributed by atoms with E-state index in [0.717, 1.165) is 17.0 Å². The number of carboxylic acid groups (broad SMARTS) is 1. The number of hydrogen-bond acceptors (Lipinski definition) is 4. The van der Waals surface area contributed by atoms with Crippen LogP contribution >= 0.6 is 0 Å². The number of aliphatic carboxylic acids is 1. The number of aryl methyl sites for hydroxylation is 2. The lowest BCUT2D eigenvalue weighted by Crippen LogP contribution is -2.50. The summed E-state index contributed by atoms with van der Waals surface area (Å²) in [5.41, 5.74) is 4.07. The standard InChI is InChI=1S/C30H28F2N2O5/c1-17-5-9-26-25(11-17)24(14-29(35)36)19(3)33(26)30(37)23-8-7-21(12-18(23)2)38-16-22-15-34(4,32)27-13-20(31)6-10-28(27)39-22/h5-13,22H,14-16H2,1-4H3/p+1/t22-,34?/m0/s1. The van der Waals surface area contributed by atoms with Crippen molar-refractivity contribution in [3.8, 4) is 11.5 Å². The zero-order valence-electron chi connectivity index (χ0n) is 22.1. The van der Waals surface area contributed by atoms with E-state index in [1.165, 1.54) is 19.2 Å². The first kappa shape index (κ1) is 26.4. The maximum atomic E-state index is 15.2. The second-order valence-corrected chi connectivity index (χ2v) is 10.2. The molecule has 4 aromatic rings. The Labute approximate surface area is 224 Å². The molecule has 1 unspecified atom stereocenters. The van der Waals surface area contributed by atoms with E-state index >= 15 is 4.48 Å². The van der Waals surface area contributed by atoms with Crippen LogP contribution in [0.1, 0.15) is 32.7 Å². The van der Waals surface area contributed by atoms with Crippen LogP contribution in [-0.2, 0) is 11.2 Å². The van der Waals surface area contributed by atoms with Crippen molar-refractivity contribution in [2.75, 3.05) is 20.2 Å². The summed E-state index contributed by atoms with van der Waals surface area (Å²) in [7, 11) is 1.34. The Morgan fingerprint density at radius 3 is 2.59 bits per heavy atom. The molecule has 0 saturated carbocycles. The van der Waals surface area contributed by atoms with Gasteiger partial charge in [-0.1, -0.05) is 16.3 Å². The summed E-state index contributed by atoms with van der Waals surface area (Å²) in [6.07, 6.45) is -0.790. The van der Waals surface area contributed by atoms with E-state index in [1.807, 2.05) is 25.1 Å². The second kappa shape index (κ2) is 9.81. The maximum Gasteiger partial charge on any atom is 0.307 e. The molecule has 39 heavy (non-hydrogen) atoms. The molecule has 0 spiro atoms. The molecule has 9 heteroatoms. The van der Waals surface area contributed by atoms with Gasteiger partial charge in [0.1, 0.15) is 25.2 Å². The fraction of sp³-hybridized carbons (Fsp3) is 0.267. The van der Waals surface area contributed by atoms with Crippen LogP contribution < -0.4 is 14.2 Å². The van der Waals surface area contributed by atoms with Crippen molar-refractivity contribution in [2.24, 2.45) is 0 Å². The summed E-state index contributed by atoms with van der Waals surface area (Å²) >= 11 is 0. The number of rotatable bonds is 6. The van der Waals surface area contributed by atoms with E-state index in [9.17, 15) is 19.1 Å². The van der Waals surface area contributed by atoms with E-state index in [2.05, 4.69) is 0 Å². The largest absolute Gasteiger partial charge is 0.489 e. The number of benzene rings is 3. The maximum absolute atomic E-state index is 15.2. The van der Waals surface area contributed by atoms with Crippen LogP contribution in [0.2, 0.25) is 0 Å². The molecule has 1 aliphatic heterocycles. The molecule has 3 aromatic carbocycles. The number of hydrogen-bond donors (Lipinski definition) is 1. The van der Waals surface area contributed by atoms with Gasteiger partial charge in [0.25, 0.3) is 5.91 Å². The highest BCUT2D eigenvalue weighted by atomic mass is 19.2. The smallest absolute Gasteiger partial charge is 0.307 e. The van der Waals surface area contributed by atoms with Gasteiger partial charge in [-0.05, 0) is 74.4 Å². The van der Waals surface area contributed by atoms with Gasteiger partial charge in [-0.25, -0.2) is 4.39 Å². The van der Waals surface area contributed by atoms with E-state index < -0.39 is 22.6 Å². The molecule has 7 nitrogen and oxygen atoms in total. The van der Waals surface area contributed by atoms with Gasteiger partial charge in [0.05, 0.1) is 11.9 Å². The Morgan fingerprint density at radius 1 is 1.10 bits per heavy atom. The number of likely N-dealkylation sites (N-methyl/N-ethyl adjacent to an activating group) is 1. The first-order valence-corrected chi connectivity index (χ1v) is 12.6. The molecular formula is C30H29F2N2O5+. The number of fused-ring (bicyclic) bond motifs is 2. The van der Waals surface area contributed by atoms with Crippen LogP contribution in [0.25, 0.3) is 10.9 Å². The Bertz CT molecular complexity index is 1630. The quantitative estimate of drug-likeness (QED) is 0.322. The van der Waals surface area contributed by atoms with Crippen molar-refractivity contribution < 1.29 is 33.0 Å². The summed E-state index contributed by atoms with van der Waals surface area (Å²) in [6.45, 7) is 5.48. The van der Waals surface area contributed by atoms with Gasteiger partial charge in [0.2, 0.25) is 5.69 Å². The molecule has 0 bridgehead atoms. The number of carboxylic acids is 1. The SMILES string of the molecule is Cc1ccc2c(c1)c(CC(=O)O)c(C)n2C(=O)c1ccc(OC[C@@H]2C[N+](C)(F)c3cc(F)ccc3O2)cc1C. The predicted molar refractivity (Wildman–Crippen MR) is 144 cm³/mol. The number of aromatic nitrogens is 1. The third-order valence-corrected chi connectivity index (χ3v) is 7.15. The molecule has 1 aliphatic rings. The van der Waals surface area contributed by atoms with E-state index in [-0.39, 0.29) is 36.9 Å². The number of ether oxygens (including phenoxy) is 2. The van der Waals surface area contributed by atoms with Crippen LogP contribution in [0.3, 0.4) is 0 Å². The van der Waals surface area contributed by atoms with Crippen molar-refractivity contribution in [3.63, 3.8) is 0 Å². The van der Waals surface area contributed by atoms with Gasteiger partial charge in [-0.2, -0.15) is 0 Å². The molecular weight excluding hydrogens is 506 g/mol. The monoisotopic (exact) mass is 535 g/mol. The minimum Gasteiger partial charge on any atom is -0.489 e. The Kier molecular flexibility index (Phi) is 6.64. The van der Waals surface area contributed by atoms with Gasteiger partial charge in [0.15, 0.2) is 18.4 Å². The lowest BCUT2D eigenvalue weighted by Gasteiger charge is -2.32. The van der Waals surface area contributed by atoms with Crippen molar-refractivity contribution in [2.45, 2.75) is 33.3 Å². The molecule has 2 heterocycles. The molecule has 2 atom stereocenters. The number of halogens is 2. The average molecular weight is 536 g/mol. The molecule has 0 amide bonds. The highest BCUT2D eigenvalue weighted by Crippen LogP contribution is 2.38. The molecule has 0 fully saturated rings. The van der Waals surface area contributed by atoms with Gasteiger partial charge in [-0.15, -0.1) is 0 Å². The summed E-state index contributed by atoms with van der Waals surface area (Å²) in [4.78, 5) is 25.2. The summed E-state index contributed by atoms with van der Waals surface area (Å²) < 4.78 is 41.1. The fourth-order valence-corrected chi connectivity index (χ4v) is 5.25. The van der Waals surface area contributed by atoms with Crippen LogP contribution in [0.5, 0.6) is 11.5 Å². The number of carbonyl (C=O) groups is 2.